The third kappa shape index (κ3) is 4.21. The van der Waals surface area contributed by atoms with E-state index in [9.17, 15) is 14.4 Å². The molecule has 1 aliphatic heterocycles. The molecule has 0 aromatic heterocycles. The second-order valence-electron chi connectivity index (χ2n) is 7.35. The van der Waals surface area contributed by atoms with Gasteiger partial charge in [-0.1, -0.05) is 30.4 Å². The van der Waals surface area contributed by atoms with Gasteiger partial charge in [0.2, 0.25) is 17.7 Å². The molecule has 6 nitrogen and oxygen atoms in total. The molecule has 2 aromatic rings. The maximum Gasteiger partial charge on any atom is 0.233 e. The second kappa shape index (κ2) is 8.31. The van der Waals surface area contributed by atoms with Gasteiger partial charge in [-0.3, -0.25) is 19.3 Å². The number of amides is 3. The summed E-state index contributed by atoms with van der Waals surface area (Å²) in [5.74, 6) is -1.01. The van der Waals surface area contributed by atoms with Gasteiger partial charge in [-0.15, -0.1) is 0 Å². The number of hydrogen-bond acceptors (Lipinski definition) is 4. The predicted molar refractivity (Wildman–Crippen MR) is 111 cm³/mol. The van der Waals surface area contributed by atoms with Crippen molar-refractivity contribution in [3.05, 3.63) is 66.7 Å². The van der Waals surface area contributed by atoms with Crippen molar-refractivity contribution in [2.24, 2.45) is 11.8 Å². The van der Waals surface area contributed by atoms with Crippen LogP contribution < -0.4 is 10.6 Å². The van der Waals surface area contributed by atoms with Crippen molar-refractivity contribution in [2.45, 2.75) is 19.3 Å². The van der Waals surface area contributed by atoms with Gasteiger partial charge in [0.15, 0.2) is 0 Å². The summed E-state index contributed by atoms with van der Waals surface area (Å²) in [5, 5.41) is 6.10. The van der Waals surface area contributed by atoms with Gasteiger partial charge in [-0.2, -0.15) is 0 Å². The highest BCUT2D eigenvalue weighted by molar-refractivity contribution is 6.05. The number of para-hydroxylation sites is 1. The molecular formula is C23H23N3O3. The van der Waals surface area contributed by atoms with E-state index in [2.05, 4.69) is 10.6 Å². The minimum absolute atomic E-state index is 0.0916. The van der Waals surface area contributed by atoms with E-state index >= 15 is 0 Å². The fourth-order valence-corrected chi connectivity index (χ4v) is 3.85. The van der Waals surface area contributed by atoms with E-state index in [4.69, 9.17) is 0 Å². The molecule has 2 aliphatic rings. The molecule has 3 amide bonds. The number of imide groups is 1. The number of anilines is 3. The Morgan fingerprint density at radius 3 is 2.00 bits per heavy atom. The van der Waals surface area contributed by atoms with Crippen molar-refractivity contribution >= 4 is 34.8 Å². The van der Waals surface area contributed by atoms with E-state index in [-0.39, 0.29) is 42.5 Å². The molecule has 1 aliphatic carbocycles. The van der Waals surface area contributed by atoms with Crippen molar-refractivity contribution in [3.8, 4) is 0 Å². The fourth-order valence-electron chi connectivity index (χ4n) is 3.85. The smallest absolute Gasteiger partial charge is 0.233 e. The Labute approximate surface area is 169 Å². The van der Waals surface area contributed by atoms with Crippen LogP contribution in [0.25, 0.3) is 0 Å². The molecule has 1 fully saturated rings. The maximum atomic E-state index is 12.4. The van der Waals surface area contributed by atoms with Crippen LogP contribution in [-0.4, -0.2) is 29.2 Å². The molecule has 0 unspecified atom stereocenters. The van der Waals surface area contributed by atoms with Crippen LogP contribution in [0.15, 0.2) is 66.7 Å². The van der Waals surface area contributed by atoms with Gasteiger partial charge in [-0.05, 0) is 49.2 Å². The van der Waals surface area contributed by atoms with E-state index in [1.807, 2.05) is 66.7 Å². The Balaban J connectivity index is 1.29. The van der Waals surface area contributed by atoms with Crippen molar-refractivity contribution in [1.82, 2.24) is 4.90 Å². The maximum absolute atomic E-state index is 12.4. The molecule has 1 heterocycles. The van der Waals surface area contributed by atoms with Crippen LogP contribution in [0.1, 0.15) is 19.3 Å². The van der Waals surface area contributed by atoms with Gasteiger partial charge in [-0.25, -0.2) is 0 Å². The molecule has 2 atom stereocenters. The molecule has 148 valence electrons. The Morgan fingerprint density at radius 1 is 0.828 bits per heavy atom. The number of nitrogens with zero attached hydrogens (tertiary/aromatic N) is 1. The van der Waals surface area contributed by atoms with E-state index < -0.39 is 0 Å². The number of benzene rings is 2. The van der Waals surface area contributed by atoms with Crippen LogP contribution in [0.4, 0.5) is 17.1 Å². The van der Waals surface area contributed by atoms with Gasteiger partial charge in [0.05, 0.1) is 11.8 Å². The fraction of sp³-hybridized carbons (Fsp3) is 0.261. The van der Waals surface area contributed by atoms with Crippen LogP contribution in [0.5, 0.6) is 0 Å². The first kappa shape index (κ1) is 18.9. The number of likely N-dealkylation sites (tertiary alicyclic amines) is 1. The van der Waals surface area contributed by atoms with Gasteiger partial charge in [0.1, 0.15) is 0 Å². The number of carbonyl (C=O) groups is 3. The van der Waals surface area contributed by atoms with Crippen molar-refractivity contribution < 1.29 is 14.4 Å². The van der Waals surface area contributed by atoms with Crippen molar-refractivity contribution in [1.29, 1.82) is 0 Å². The van der Waals surface area contributed by atoms with E-state index in [1.165, 1.54) is 4.90 Å². The van der Waals surface area contributed by atoms with Crippen molar-refractivity contribution in [3.63, 3.8) is 0 Å². The lowest BCUT2D eigenvalue weighted by Gasteiger charge is -2.14. The normalized spacial score (nSPS) is 20.5. The standard InChI is InChI=1S/C23H23N3O3/c27-21(14-15-26-22(28)19-8-4-5-9-20(19)23(26)29)25-18-12-10-17(11-13-18)24-16-6-2-1-3-7-16/h1-7,10-13,19-20,24H,8-9,14-15H2,(H,25,27)/t19-,20-/m1/s1. The topological polar surface area (TPSA) is 78.5 Å². The Bertz CT molecular complexity index is 912. The largest absolute Gasteiger partial charge is 0.356 e. The zero-order valence-corrected chi connectivity index (χ0v) is 16.0. The van der Waals surface area contributed by atoms with E-state index in [0.717, 1.165) is 11.4 Å². The highest BCUT2D eigenvalue weighted by Gasteiger charge is 2.46. The average Bonchev–Trinajstić information content (AvgIpc) is 2.99. The number of hydrogen-bond donors (Lipinski definition) is 2. The van der Waals surface area contributed by atoms with Gasteiger partial charge in [0, 0.05) is 30.0 Å². The lowest BCUT2D eigenvalue weighted by atomic mass is 9.85. The van der Waals surface area contributed by atoms with Crippen molar-refractivity contribution in [2.75, 3.05) is 17.2 Å². The summed E-state index contributed by atoms with van der Waals surface area (Å²) in [4.78, 5) is 38.4. The minimum atomic E-state index is -0.250. The van der Waals surface area contributed by atoms with E-state index in [1.54, 1.807) is 0 Å². The van der Waals surface area contributed by atoms with E-state index in [0.29, 0.717) is 18.5 Å². The molecule has 0 saturated carbocycles. The number of allylic oxidation sites excluding steroid dienone is 2. The Kier molecular flexibility index (Phi) is 5.42. The molecule has 29 heavy (non-hydrogen) atoms. The van der Waals surface area contributed by atoms with Crippen LogP contribution in [0, 0.1) is 11.8 Å². The number of nitrogens with one attached hydrogen (secondary N) is 2. The predicted octanol–water partition coefficient (Wildman–Crippen LogP) is 3.71. The number of carbonyl (C=O) groups excluding carboxylic acids is 3. The summed E-state index contributed by atoms with van der Waals surface area (Å²) >= 11 is 0. The Morgan fingerprint density at radius 2 is 1.38 bits per heavy atom. The highest BCUT2D eigenvalue weighted by Crippen LogP contribution is 2.35. The average molecular weight is 389 g/mol. The number of rotatable bonds is 6. The molecular weight excluding hydrogens is 366 g/mol. The summed E-state index contributed by atoms with van der Waals surface area (Å²) in [6, 6.07) is 17.2. The second-order valence-corrected chi connectivity index (χ2v) is 7.35. The van der Waals surface area contributed by atoms with Crippen LogP contribution in [0.3, 0.4) is 0 Å². The van der Waals surface area contributed by atoms with Gasteiger partial charge in [0.25, 0.3) is 0 Å². The van der Waals surface area contributed by atoms with Crippen LogP contribution >= 0.6 is 0 Å². The molecule has 1 saturated heterocycles. The first-order chi connectivity index (χ1) is 14.1. The highest BCUT2D eigenvalue weighted by atomic mass is 16.2. The molecule has 0 spiro atoms. The van der Waals surface area contributed by atoms with Crippen LogP contribution in [0.2, 0.25) is 0 Å². The summed E-state index contributed by atoms with van der Waals surface area (Å²) in [5.41, 5.74) is 2.57. The number of fused-ring (bicyclic) bond motifs is 1. The zero-order valence-electron chi connectivity index (χ0n) is 16.0. The van der Waals surface area contributed by atoms with Crippen LogP contribution in [-0.2, 0) is 14.4 Å². The van der Waals surface area contributed by atoms with Gasteiger partial charge < -0.3 is 10.6 Å². The monoisotopic (exact) mass is 389 g/mol. The third-order valence-corrected chi connectivity index (χ3v) is 5.39. The summed E-state index contributed by atoms with van der Waals surface area (Å²) in [6.07, 6.45) is 5.23. The molecule has 2 aromatic carbocycles. The molecule has 6 heteroatoms. The molecule has 0 bridgehead atoms. The zero-order chi connectivity index (χ0) is 20.2. The minimum Gasteiger partial charge on any atom is -0.356 e. The molecule has 0 radical (unpaired) electrons. The lowest BCUT2D eigenvalue weighted by Crippen LogP contribution is -2.34. The third-order valence-electron chi connectivity index (χ3n) is 5.39. The summed E-state index contributed by atoms with van der Waals surface area (Å²) in [7, 11) is 0. The lowest BCUT2D eigenvalue weighted by molar-refractivity contribution is -0.140. The molecule has 2 N–H and O–H groups in total. The first-order valence-corrected chi connectivity index (χ1v) is 9.84. The first-order valence-electron chi connectivity index (χ1n) is 9.84. The Hall–Kier alpha value is -3.41. The SMILES string of the molecule is O=C(CCN1C(=O)[C@@H]2CC=CC[C@H]2C1=O)Nc1ccc(Nc2ccccc2)cc1. The molecule has 4 rings (SSSR count). The van der Waals surface area contributed by atoms with Gasteiger partial charge >= 0.3 is 0 Å². The quantitative estimate of drug-likeness (QED) is 0.583. The summed E-state index contributed by atoms with van der Waals surface area (Å²) < 4.78 is 0. The summed E-state index contributed by atoms with van der Waals surface area (Å²) in [6.45, 7) is 0.129.